The molecular weight excluding hydrogens is 604 g/mol. The molecule has 10 nitrogen and oxygen atoms in total. The number of esters is 1. The Bertz CT molecular complexity index is 1820. The van der Waals surface area contributed by atoms with Gasteiger partial charge in [0.25, 0.3) is 11.8 Å². The molecule has 0 saturated heterocycles. The summed E-state index contributed by atoms with van der Waals surface area (Å²) in [5.74, 6) is -0.817. The molecule has 1 aliphatic carbocycles. The molecule has 238 valence electrons. The summed E-state index contributed by atoms with van der Waals surface area (Å²) in [5, 5.41) is 17.4. The number of carbonyl (C=O) groups is 3. The van der Waals surface area contributed by atoms with Gasteiger partial charge < -0.3 is 30.9 Å². The molecule has 1 fully saturated rings. The molecule has 1 saturated carbocycles. The number of nitrogens with one attached hydrogen (secondary N) is 2. The number of pyridine rings is 1. The first kappa shape index (κ1) is 31.4. The first-order valence-electron chi connectivity index (χ1n) is 15.2. The number of rotatable bonds is 8. The number of fused-ring (bicyclic) bond motifs is 3. The molecule has 2 aromatic heterocycles. The van der Waals surface area contributed by atoms with Crippen molar-refractivity contribution < 1.29 is 29.0 Å². The van der Waals surface area contributed by atoms with E-state index in [2.05, 4.69) is 21.7 Å². The van der Waals surface area contributed by atoms with E-state index in [1.807, 2.05) is 31.4 Å². The van der Waals surface area contributed by atoms with Crippen LogP contribution in [0.4, 0.5) is 5.69 Å². The lowest BCUT2D eigenvalue weighted by Gasteiger charge is -2.34. The minimum Gasteiger partial charge on any atom is -0.493 e. The number of amides is 2. The second-order valence-corrected chi connectivity index (χ2v) is 12.7. The molecular formula is C35H36N4O6S. The van der Waals surface area contributed by atoms with E-state index in [1.165, 1.54) is 13.2 Å². The maximum absolute atomic E-state index is 14.2. The molecule has 6 rings (SSSR count). The highest BCUT2D eigenvalue weighted by Crippen LogP contribution is 2.43. The zero-order valence-corrected chi connectivity index (χ0v) is 26.8. The highest BCUT2D eigenvalue weighted by molar-refractivity contribution is 7.13. The normalized spacial score (nSPS) is 16.6. The molecule has 2 aliphatic rings. The number of aliphatic hydroxyl groups is 1. The van der Waals surface area contributed by atoms with Crippen LogP contribution < -0.4 is 21.1 Å². The lowest BCUT2D eigenvalue weighted by Crippen LogP contribution is -2.45. The Hall–Kier alpha value is -4.58. The van der Waals surface area contributed by atoms with Crippen LogP contribution in [-0.4, -0.2) is 54.2 Å². The van der Waals surface area contributed by atoms with E-state index in [1.54, 1.807) is 29.5 Å². The van der Waals surface area contributed by atoms with Crippen LogP contribution in [-0.2, 0) is 17.7 Å². The summed E-state index contributed by atoms with van der Waals surface area (Å²) < 4.78 is 11.3. The maximum atomic E-state index is 14.2. The third-order valence-electron chi connectivity index (χ3n) is 8.68. The number of methoxy groups -OCH3 is 1. The van der Waals surface area contributed by atoms with Gasteiger partial charge in [-0.1, -0.05) is 12.1 Å². The fourth-order valence-corrected chi connectivity index (χ4v) is 7.17. The molecule has 1 aliphatic heterocycles. The number of ether oxygens (including phenoxy) is 2. The SMILES string of the molecule is COC(=O)c1nc(C(=O)NC2CC(CO)C2)ccc1-c1cc2c(cc1C(=O)Nc1c(C)cc(CN)cc1C)-c1sccc1CCO2. The van der Waals surface area contributed by atoms with Crippen molar-refractivity contribution in [1.29, 1.82) is 0 Å². The second kappa shape index (κ2) is 13.0. The molecule has 0 atom stereocenters. The van der Waals surface area contributed by atoms with E-state index in [-0.39, 0.29) is 35.9 Å². The van der Waals surface area contributed by atoms with Crippen molar-refractivity contribution >= 4 is 34.8 Å². The Morgan fingerprint density at radius 3 is 2.50 bits per heavy atom. The first-order chi connectivity index (χ1) is 22.2. The van der Waals surface area contributed by atoms with E-state index < -0.39 is 11.9 Å². The average molecular weight is 641 g/mol. The predicted octanol–water partition coefficient (Wildman–Crippen LogP) is 5.03. The topological polar surface area (TPSA) is 153 Å². The summed E-state index contributed by atoms with van der Waals surface area (Å²) >= 11 is 1.58. The zero-order chi connectivity index (χ0) is 32.5. The van der Waals surface area contributed by atoms with E-state index in [9.17, 15) is 19.5 Å². The first-order valence-corrected chi connectivity index (χ1v) is 16.1. The predicted molar refractivity (Wildman–Crippen MR) is 176 cm³/mol. The number of thiophene rings is 1. The Morgan fingerprint density at radius 1 is 1.04 bits per heavy atom. The van der Waals surface area contributed by atoms with Crippen molar-refractivity contribution in [3.63, 3.8) is 0 Å². The minimum atomic E-state index is -0.750. The van der Waals surface area contributed by atoms with Crippen LogP contribution in [0.15, 0.2) is 47.8 Å². The number of anilines is 1. The molecule has 2 aromatic carbocycles. The number of aromatic nitrogens is 1. The number of benzene rings is 2. The summed E-state index contributed by atoms with van der Waals surface area (Å²) in [7, 11) is 1.24. The van der Waals surface area contributed by atoms with E-state index in [4.69, 9.17) is 15.2 Å². The molecule has 3 heterocycles. The van der Waals surface area contributed by atoms with Crippen LogP contribution in [0, 0.1) is 19.8 Å². The molecule has 4 aromatic rings. The second-order valence-electron chi connectivity index (χ2n) is 11.8. The van der Waals surface area contributed by atoms with Gasteiger partial charge in [-0.15, -0.1) is 11.3 Å². The molecule has 0 radical (unpaired) electrons. The molecule has 0 spiro atoms. The van der Waals surface area contributed by atoms with Crippen LogP contribution in [0.25, 0.3) is 21.6 Å². The third-order valence-corrected chi connectivity index (χ3v) is 9.67. The van der Waals surface area contributed by atoms with E-state index >= 15 is 0 Å². The van der Waals surface area contributed by atoms with E-state index in [0.29, 0.717) is 54.1 Å². The summed E-state index contributed by atoms with van der Waals surface area (Å²) in [6, 6.07) is 12.6. The van der Waals surface area contributed by atoms with E-state index in [0.717, 1.165) is 39.1 Å². The molecule has 0 bridgehead atoms. The maximum Gasteiger partial charge on any atom is 0.357 e. The number of carbonyl (C=O) groups excluding carboxylic acids is 3. The van der Waals surface area contributed by atoms with Gasteiger partial charge in [0.05, 0.1) is 13.7 Å². The van der Waals surface area contributed by atoms with Gasteiger partial charge in [-0.05, 0) is 90.6 Å². The third kappa shape index (κ3) is 6.01. The number of nitrogens with two attached hydrogens (primary N) is 1. The van der Waals surface area contributed by atoms with Crippen molar-refractivity contribution in [2.24, 2.45) is 11.7 Å². The monoisotopic (exact) mass is 640 g/mol. The van der Waals surface area contributed by atoms with Crippen molar-refractivity contribution in [2.45, 2.75) is 45.7 Å². The van der Waals surface area contributed by atoms with Crippen molar-refractivity contribution in [1.82, 2.24) is 10.3 Å². The highest BCUT2D eigenvalue weighted by atomic mass is 32.1. The lowest BCUT2D eigenvalue weighted by atomic mass is 9.81. The number of aryl methyl sites for hydroxylation is 2. The Labute approximate surface area is 271 Å². The van der Waals surface area contributed by atoms with Crippen LogP contribution in [0.1, 0.15) is 66.4 Å². The minimum absolute atomic E-state index is 0.0445. The summed E-state index contributed by atoms with van der Waals surface area (Å²) in [6.07, 6.45) is 2.07. The Morgan fingerprint density at radius 2 is 1.80 bits per heavy atom. The van der Waals surface area contributed by atoms with Gasteiger partial charge in [0.2, 0.25) is 0 Å². The Kier molecular flexibility index (Phi) is 8.90. The van der Waals surface area contributed by atoms with Crippen LogP contribution in [0.3, 0.4) is 0 Å². The molecule has 11 heteroatoms. The quantitative estimate of drug-likeness (QED) is 0.196. The molecule has 2 amide bonds. The van der Waals surface area contributed by atoms with Crippen LogP contribution >= 0.6 is 11.3 Å². The van der Waals surface area contributed by atoms with Crippen LogP contribution in [0.5, 0.6) is 5.75 Å². The van der Waals surface area contributed by atoms with Gasteiger partial charge in [0, 0.05) is 58.4 Å². The number of nitrogens with zero attached hydrogens (tertiary/aromatic N) is 1. The van der Waals surface area contributed by atoms with Gasteiger partial charge in [0.15, 0.2) is 5.69 Å². The number of aliphatic hydroxyl groups excluding tert-OH is 1. The lowest BCUT2D eigenvalue weighted by molar-refractivity contribution is 0.0594. The largest absolute Gasteiger partial charge is 0.493 e. The fraction of sp³-hybridized carbons (Fsp3) is 0.314. The van der Waals surface area contributed by atoms with Crippen LogP contribution in [0.2, 0.25) is 0 Å². The zero-order valence-electron chi connectivity index (χ0n) is 25.9. The van der Waals surface area contributed by atoms with Crippen molar-refractivity contribution in [3.8, 4) is 27.3 Å². The number of hydrogen-bond donors (Lipinski definition) is 4. The van der Waals surface area contributed by atoms with Crippen molar-refractivity contribution in [2.75, 3.05) is 25.6 Å². The fourth-order valence-electron chi connectivity index (χ4n) is 6.19. The number of hydrogen-bond acceptors (Lipinski definition) is 9. The Balaban J connectivity index is 1.46. The average Bonchev–Trinajstić information content (AvgIpc) is 3.44. The standard InChI is InChI=1S/C35H36N4O6S/c1-18-10-20(16-36)11-19(2)30(18)39-33(41)26-14-27-29(45-8-6-22-7-9-46-32(22)27)15-25(26)24-4-5-28(38-31(24)35(43)44-3)34(42)37-23-12-21(13-23)17-40/h4-5,7,9-11,14-15,21,23,40H,6,8,12-13,16-17,36H2,1-3H3,(H,37,42)(H,39,41). The summed E-state index contributed by atoms with van der Waals surface area (Å²) in [5.41, 5.74) is 12.2. The molecule has 5 N–H and O–H groups in total. The summed E-state index contributed by atoms with van der Waals surface area (Å²) in [4.78, 5) is 45.9. The van der Waals surface area contributed by atoms with Gasteiger partial charge in [0.1, 0.15) is 11.4 Å². The molecule has 0 unspecified atom stereocenters. The molecule has 46 heavy (non-hydrogen) atoms. The van der Waals surface area contributed by atoms with Gasteiger partial charge in [-0.3, -0.25) is 9.59 Å². The van der Waals surface area contributed by atoms with Gasteiger partial charge in [-0.25, -0.2) is 9.78 Å². The van der Waals surface area contributed by atoms with Gasteiger partial charge in [-0.2, -0.15) is 0 Å². The van der Waals surface area contributed by atoms with Gasteiger partial charge >= 0.3 is 5.97 Å². The highest BCUT2D eigenvalue weighted by Gasteiger charge is 2.31. The van der Waals surface area contributed by atoms with Crippen molar-refractivity contribution in [3.05, 3.63) is 87.0 Å². The summed E-state index contributed by atoms with van der Waals surface area (Å²) in [6.45, 7) is 4.75. The smallest absolute Gasteiger partial charge is 0.357 e.